The summed E-state index contributed by atoms with van der Waals surface area (Å²) in [4.78, 5) is 36.5. The summed E-state index contributed by atoms with van der Waals surface area (Å²) in [5, 5.41) is 14.7. The molecule has 8 nitrogen and oxygen atoms in total. The number of aromatic amines is 2. The number of nitrogens with zero attached hydrogens (tertiary/aromatic N) is 1. The molecule has 0 saturated carbocycles. The van der Waals surface area contributed by atoms with Crippen LogP contribution in [0.2, 0.25) is 5.02 Å². The summed E-state index contributed by atoms with van der Waals surface area (Å²) in [5.41, 5.74) is -2.02. The fraction of sp³-hybridized carbons (Fsp3) is 0.294. The number of aromatic nitrogens is 2. The first-order valence-corrected chi connectivity index (χ1v) is 8.50. The van der Waals surface area contributed by atoms with Crippen LogP contribution in [0.15, 0.2) is 33.9 Å². The van der Waals surface area contributed by atoms with Crippen LogP contribution in [-0.4, -0.2) is 28.0 Å². The van der Waals surface area contributed by atoms with Gasteiger partial charge in [-0.25, -0.2) is 4.79 Å². The van der Waals surface area contributed by atoms with Crippen molar-refractivity contribution in [3.63, 3.8) is 0 Å². The van der Waals surface area contributed by atoms with E-state index in [0.717, 1.165) is 0 Å². The Bertz CT molecular complexity index is 871. The monoisotopic (exact) mass is 378 g/mol. The van der Waals surface area contributed by atoms with Gasteiger partial charge in [0.2, 0.25) is 0 Å². The molecule has 0 bridgehead atoms. The van der Waals surface area contributed by atoms with Crippen LogP contribution in [0.3, 0.4) is 0 Å². The highest BCUT2D eigenvalue weighted by Gasteiger charge is 2.18. The second kappa shape index (κ2) is 9.69. The third-order valence-corrected chi connectivity index (χ3v) is 3.90. The van der Waals surface area contributed by atoms with Gasteiger partial charge in [-0.3, -0.25) is 19.9 Å². The molecule has 3 rings (SSSR count). The zero-order valence-electron chi connectivity index (χ0n) is 14.0. The number of piperidine rings is 1. The number of halogens is 1. The molecule has 1 fully saturated rings. The molecule has 1 aromatic carbocycles. The van der Waals surface area contributed by atoms with E-state index in [4.69, 9.17) is 11.6 Å². The average Bonchev–Trinajstić information content (AvgIpc) is 2.62. The van der Waals surface area contributed by atoms with Crippen molar-refractivity contribution >= 4 is 29.4 Å². The minimum atomic E-state index is -1.05. The standard InChI is InChI=1S/C12H8ClN3O4.C5H11N/c13-8-4-1-7(2-5-8)3-6-9-10(16(19)20)11(17)15-12(18)14-9;1-2-4-6-5-3-1/h1-6H,(H2,14,15,17,18);6H,1-5H2/b6-3+;. The molecular weight excluding hydrogens is 360 g/mol. The second-order valence-electron chi connectivity index (χ2n) is 5.62. The number of H-pyrrole nitrogens is 2. The van der Waals surface area contributed by atoms with E-state index >= 15 is 0 Å². The van der Waals surface area contributed by atoms with E-state index in [1.807, 2.05) is 0 Å². The van der Waals surface area contributed by atoms with Gasteiger partial charge in [-0.1, -0.05) is 36.2 Å². The summed E-state index contributed by atoms with van der Waals surface area (Å²) in [6.45, 7) is 2.50. The number of nitro groups is 1. The molecule has 3 N–H and O–H groups in total. The second-order valence-corrected chi connectivity index (χ2v) is 6.06. The third kappa shape index (κ3) is 5.98. The maximum absolute atomic E-state index is 11.4. The van der Waals surface area contributed by atoms with E-state index in [2.05, 4.69) is 10.3 Å². The molecule has 0 spiro atoms. The van der Waals surface area contributed by atoms with Crippen LogP contribution >= 0.6 is 11.6 Å². The molecule has 1 aliphatic heterocycles. The molecule has 9 heteroatoms. The summed E-state index contributed by atoms with van der Waals surface area (Å²) >= 11 is 5.73. The molecule has 2 heterocycles. The molecule has 0 radical (unpaired) electrons. The summed E-state index contributed by atoms with van der Waals surface area (Å²) in [7, 11) is 0. The van der Waals surface area contributed by atoms with Gasteiger partial charge in [-0.15, -0.1) is 0 Å². The summed E-state index contributed by atoms with van der Waals surface area (Å²) in [6, 6.07) is 6.68. The summed E-state index contributed by atoms with van der Waals surface area (Å²) in [5.74, 6) is 0. The van der Waals surface area contributed by atoms with E-state index < -0.39 is 21.9 Å². The Balaban J connectivity index is 0.000000342. The largest absolute Gasteiger partial charge is 0.357 e. The lowest BCUT2D eigenvalue weighted by Crippen LogP contribution is -2.25. The summed E-state index contributed by atoms with van der Waals surface area (Å²) in [6.07, 6.45) is 7.03. The maximum atomic E-state index is 11.4. The molecular formula is C17H19ClN4O4. The van der Waals surface area contributed by atoms with Crippen molar-refractivity contribution in [2.24, 2.45) is 0 Å². The van der Waals surface area contributed by atoms with Crippen molar-refractivity contribution in [2.75, 3.05) is 13.1 Å². The first-order chi connectivity index (χ1) is 12.5. The van der Waals surface area contributed by atoms with Crippen molar-refractivity contribution in [3.8, 4) is 0 Å². The van der Waals surface area contributed by atoms with Crippen molar-refractivity contribution in [1.29, 1.82) is 0 Å². The van der Waals surface area contributed by atoms with Crippen LogP contribution in [0.25, 0.3) is 12.2 Å². The lowest BCUT2D eigenvalue weighted by Gasteiger charge is -2.08. The van der Waals surface area contributed by atoms with Gasteiger partial charge in [0, 0.05) is 5.02 Å². The Labute approximate surface area is 154 Å². The minimum absolute atomic E-state index is 0.168. The zero-order chi connectivity index (χ0) is 18.9. The SMILES string of the molecule is C1CCNCC1.O=c1[nH]c(/C=C/c2ccc(Cl)cc2)c([N+](=O)[O-])c(=O)[nH]1. The molecule has 138 valence electrons. The van der Waals surface area contributed by atoms with Gasteiger partial charge in [0.15, 0.2) is 0 Å². The summed E-state index contributed by atoms with van der Waals surface area (Å²) < 4.78 is 0. The number of nitrogens with one attached hydrogen (secondary N) is 3. The molecule has 0 unspecified atom stereocenters. The van der Waals surface area contributed by atoms with Crippen LogP contribution in [0.4, 0.5) is 5.69 Å². The Morgan fingerprint density at radius 1 is 1.00 bits per heavy atom. The lowest BCUT2D eigenvalue weighted by atomic mass is 10.2. The lowest BCUT2D eigenvalue weighted by molar-refractivity contribution is -0.386. The maximum Gasteiger partial charge on any atom is 0.357 e. The smallest absolute Gasteiger partial charge is 0.317 e. The van der Waals surface area contributed by atoms with E-state index in [-0.39, 0.29) is 5.69 Å². The topological polar surface area (TPSA) is 121 Å². The van der Waals surface area contributed by atoms with Crippen LogP contribution in [0.5, 0.6) is 0 Å². The molecule has 1 saturated heterocycles. The van der Waals surface area contributed by atoms with Crippen LogP contribution < -0.4 is 16.6 Å². The van der Waals surface area contributed by atoms with Crippen LogP contribution in [-0.2, 0) is 0 Å². The van der Waals surface area contributed by atoms with Gasteiger partial charge in [0.05, 0.1) is 4.92 Å². The number of benzene rings is 1. The quantitative estimate of drug-likeness (QED) is 0.559. The predicted molar refractivity (Wildman–Crippen MR) is 101 cm³/mol. The van der Waals surface area contributed by atoms with Crippen molar-refractivity contribution in [3.05, 3.63) is 71.5 Å². The number of hydrogen-bond acceptors (Lipinski definition) is 5. The van der Waals surface area contributed by atoms with E-state index in [1.54, 1.807) is 29.2 Å². The Morgan fingerprint density at radius 2 is 1.65 bits per heavy atom. The zero-order valence-corrected chi connectivity index (χ0v) is 14.7. The van der Waals surface area contributed by atoms with Gasteiger partial charge in [0.1, 0.15) is 5.69 Å². The Hall–Kier alpha value is -2.71. The predicted octanol–water partition coefficient (Wildman–Crippen LogP) is 2.56. The highest BCUT2D eigenvalue weighted by molar-refractivity contribution is 6.30. The Kier molecular flexibility index (Phi) is 7.31. The normalized spacial score (nSPS) is 13.9. The van der Waals surface area contributed by atoms with Gasteiger partial charge < -0.3 is 10.3 Å². The third-order valence-electron chi connectivity index (χ3n) is 3.65. The first kappa shape index (κ1) is 19.6. The fourth-order valence-electron chi connectivity index (χ4n) is 2.35. The highest BCUT2D eigenvalue weighted by atomic mass is 35.5. The Morgan fingerprint density at radius 3 is 2.15 bits per heavy atom. The van der Waals surface area contributed by atoms with Crippen molar-refractivity contribution in [2.45, 2.75) is 19.3 Å². The highest BCUT2D eigenvalue weighted by Crippen LogP contribution is 2.14. The minimum Gasteiger partial charge on any atom is -0.317 e. The molecule has 1 aliphatic rings. The van der Waals surface area contributed by atoms with Crippen molar-refractivity contribution < 1.29 is 4.92 Å². The average molecular weight is 379 g/mol. The fourth-order valence-corrected chi connectivity index (χ4v) is 2.48. The van der Waals surface area contributed by atoms with Gasteiger partial charge in [-0.05, 0) is 49.7 Å². The van der Waals surface area contributed by atoms with E-state index in [0.29, 0.717) is 10.6 Å². The van der Waals surface area contributed by atoms with E-state index in [1.165, 1.54) is 44.5 Å². The number of hydrogen-bond donors (Lipinski definition) is 3. The van der Waals surface area contributed by atoms with Gasteiger partial charge >= 0.3 is 16.9 Å². The first-order valence-electron chi connectivity index (χ1n) is 8.13. The van der Waals surface area contributed by atoms with E-state index in [9.17, 15) is 19.7 Å². The van der Waals surface area contributed by atoms with Crippen LogP contribution in [0, 0.1) is 10.1 Å². The molecule has 1 aromatic heterocycles. The molecule has 0 atom stereocenters. The number of rotatable bonds is 3. The van der Waals surface area contributed by atoms with Gasteiger partial charge in [-0.2, -0.15) is 0 Å². The van der Waals surface area contributed by atoms with Crippen LogP contribution in [0.1, 0.15) is 30.5 Å². The molecule has 2 aromatic rings. The molecule has 26 heavy (non-hydrogen) atoms. The van der Waals surface area contributed by atoms with Crippen molar-refractivity contribution in [1.82, 2.24) is 15.3 Å². The van der Waals surface area contributed by atoms with Gasteiger partial charge in [0.25, 0.3) is 0 Å². The molecule has 0 amide bonds. The molecule has 0 aliphatic carbocycles.